The van der Waals surface area contributed by atoms with Crippen molar-refractivity contribution in [3.8, 4) is 0 Å². The van der Waals surface area contributed by atoms with E-state index in [0.29, 0.717) is 6.42 Å². The van der Waals surface area contributed by atoms with Crippen LogP contribution in [-0.2, 0) is 4.74 Å². The van der Waals surface area contributed by atoms with Crippen molar-refractivity contribution in [3.05, 3.63) is 0 Å². The zero-order chi connectivity index (χ0) is 6.85. The summed E-state index contributed by atoms with van der Waals surface area (Å²) in [5, 5.41) is 8.43. The van der Waals surface area contributed by atoms with E-state index in [2.05, 4.69) is 0 Å². The molecule has 0 aliphatic carbocycles. The Bertz CT molecular complexity index is 91.0. The van der Waals surface area contributed by atoms with Crippen LogP contribution < -0.4 is 0 Å². The summed E-state index contributed by atoms with van der Waals surface area (Å²) in [5.41, 5.74) is 0. The lowest BCUT2D eigenvalue weighted by Crippen LogP contribution is -2.16. The summed E-state index contributed by atoms with van der Waals surface area (Å²) in [4.78, 5) is 0. The number of hydrogen-bond donors (Lipinski definition) is 1. The van der Waals surface area contributed by atoms with E-state index in [4.69, 9.17) is 29.3 Å². The zero-order valence-electron chi connectivity index (χ0n) is 4.96. The van der Waals surface area contributed by atoms with Gasteiger partial charge in [0.2, 0.25) is 0 Å². The fourth-order valence-corrected chi connectivity index (χ4v) is 1.12. The van der Waals surface area contributed by atoms with Gasteiger partial charge in [-0.2, -0.15) is 0 Å². The molecule has 1 rings (SSSR count). The molecule has 2 nitrogen and oxygen atoms in total. The predicted molar refractivity (Wildman–Crippen MR) is 35.8 cm³/mol. The van der Waals surface area contributed by atoms with Gasteiger partial charge in [-0.25, -0.2) is 0 Å². The molecule has 1 fully saturated rings. The monoisotopic (exact) mass is 146 g/mol. The summed E-state index contributed by atoms with van der Waals surface area (Å²) in [7, 11) is 5.38. The van der Waals surface area contributed by atoms with Crippen LogP contribution in [0, 0.1) is 0 Å². The maximum Gasteiger partial charge on any atom is 0.111 e. The molecular weight excluding hydrogens is 138 g/mol. The number of halogens is 1. The number of hydrogen-bond acceptors (Lipinski definition) is 2. The van der Waals surface area contributed by atoms with Gasteiger partial charge in [0.1, 0.15) is 7.85 Å². The van der Waals surface area contributed by atoms with Crippen molar-refractivity contribution < 1.29 is 9.84 Å². The fraction of sp³-hybridized carbons (Fsp3) is 1.00. The average molecular weight is 146 g/mol. The van der Waals surface area contributed by atoms with E-state index >= 15 is 0 Å². The molecule has 0 aromatic carbocycles. The minimum absolute atomic E-state index is 0.0108. The highest BCUT2D eigenvalue weighted by atomic mass is 35.5. The smallest absolute Gasteiger partial charge is 0.111 e. The number of aliphatic hydroxyl groups excluding tert-OH is 1. The quantitative estimate of drug-likeness (QED) is 0.412. The third kappa shape index (κ3) is 1.60. The Morgan fingerprint density at radius 1 is 1.78 bits per heavy atom. The third-order valence-corrected chi connectivity index (χ3v) is 1.82. The molecule has 9 heavy (non-hydrogen) atoms. The van der Waals surface area contributed by atoms with Gasteiger partial charge in [-0.1, -0.05) is 0 Å². The minimum atomic E-state index is -0.399. The summed E-state index contributed by atoms with van der Waals surface area (Å²) in [5.74, 6) is 0. The van der Waals surface area contributed by atoms with E-state index in [9.17, 15) is 0 Å². The highest BCUT2D eigenvalue weighted by Crippen LogP contribution is 2.22. The Morgan fingerprint density at radius 2 is 2.44 bits per heavy atom. The first-order valence-corrected chi connectivity index (χ1v) is 3.33. The summed E-state index contributed by atoms with van der Waals surface area (Å²) in [6.07, 6.45) is 0.502. The van der Waals surface area contributed by atoms with Gasteiger partial charge < -0.3 is 9.84 Å². The van der Waals surface area contributed by atoms with E-state index in [-0.39, 0.29) is 18.1 Å². The van der Waals surface area contributed by atoms with Crippen LogP contribution in [0.2, 0.25) is 0 Å². The first kappa shape index (κ1) is 7.38. The van der Waals surface area contributed by atoms with Gasteiger partial charge in [0, 0.05) is 6.00 Å². The minimum Gasteiger partial charge on any atom is -0.394 e. The lowest BCUT2D eigenvalue weighted by atomic mass is 9.97. The molecule has 2 radical (unpaired) electrons. The molecule has 3 unspecified atom stereocenters. The van der Waals surface area contributed by atoms with Crippen molar-refractivity contribution in [1.29, 1.82) is 0 Å². The van der Waals surface area contributed by atoms with Crippen LogP contribution in [0.3, 0.4) is 0 Å². The van der Waals surface area contributed by atoms with E-state index < -0.39 is 6.00 Å². The Morgan fingerprint density at radius 3 is 2.67 bits per heavy atom. The molecule has 1 aliphatic rings. The van der Waals surface area contributed by atoms with Crippen LogP contribution in [-0.4, -0.2) is 37.0 Å². The molecule has 1 saturated heterocycles. The zero-order valence-corrected chi connectivity index (χ0v) is 5.71. The van der Waals surface area contributed by atoms with Gasteiger partial charge in [-0.05, 0) is 6.42 Å². The van der Waals surface area contributed by atoms with Crippen LogP contribution in [0.15, 0.2) is 0 Å². The van der Waals surface area contributed by atoms with Crippen LogP contribution in [0.5, 0.6) is 0 Å². The molecule has 0 amide bonds. The molecule has 0 bridgehead atoms. The molecule has 1 N–H and O–H groups in total. The number of aliphatic hydroxyl groups is 1. The SMILES string of the molecule is [B]C1OC(CO)CC1Cl. The molecule has 0 aromatic rings. The van der Waals surface area contributed by atoms with Crippen molar-refractivity contribution in [3.63, 3.8) is 0 Å². The number of alkyl halides is 1. The lowest BCUT2D eigenvalue weighted by Gasteiger charge is -2.06. The van der Waals surface area contributed by atoms with E-state index in [0.717, 1.165) is 0 Å². The summed E-state index contributed by atoms with van der Waals surface area (Å²) < 4.78 is 5.02. The Labute approximate surface area is 60.6 Å². The van der Waals surface area contributed by atoms with Crippen molar-refractivity contribution in [2.24, 2.45) is 0 Å². The molecule has 0 aromatic heterocycles. The molecule has 0 spiro atoms. The lowest BCUT2D eigenvalue weighted by molar-refractivity contribution is 0.0434. The summed E-state index contributed by atoms with van der Waals surface area (Å²) in [6, 6.07) is -0.399. The molecular formula is C5H8BClO2. The molecule has 1 aliphatic heterocycles. The molecule has 3 atom stereocenters. The maximum absolute atomic E-state index is 8.56. The Balaban J connectivity index is 2.35. The number of rotatable bonds is 1. The van der Waals surface area contributed by atoms with E-state index in [1.807, 2.05) is 0 Å². The second-order valence-electron chi connectivity index (χ2n) is 2.16. The molecule has 0 saturated carbocycles. The normalized spacial score (nSPS) is 43.6. The molecule has 1 heterocycles. The van der Waals surface area contributed by atoms with E-state index in [1.165, 1.54) is 0 Å². The third-order valence-electron chi connectivity index (χ3n) is 1.40. The van der Waals surface area contributed by atoms with Gasteiger partial charge in [0.15, 0.2) is 0 Å². The summed E-state index contributed by atoms with van der Waals surface area (Å²) >= 11 is 5.68. The highest BCUT2D eigenvalue weighted by molar-refractivity contribution is 6.26. The fourth-order valence-electron chi connectivity index (χ4n) is 0.866. The van der Waals surface area contributed by atoms with Gasteiger partial charge in [0.25, 0.3) is 0 Å². The second kappa shape index (κ2) is 2.91. The van der Waals surface area contributed by atoms with E-state index in [1.54, 1.807) is 0 Å². The van der Waals surface area contributed by atoms with Crippen LogP contribution in [0.1, 0.15) is 6.42 Å². The van der Waals surface area contributed by atoms with Gasteiger partial charge in [-0.3, -0.25) is 0 Å². The largest absolute Gasteiger partial charge is 0.394 e. The van der Waals surface area contributed by atoms with Crippen molar-refractivity contribution in [2.45, 2.75) is 23.9 Å². The standard InChI is InChI=1S/C5H8BClO2/c6-5-4(7)1-3(2-8)9-5/h3-5,8H,1-2H2. The second-order valence-corrected chi connectivity index (χ2v) is 2.72. The molecule has 50 valence electrons. The first-order chi connectivity index (χ1) is 4.24. The van der Waals surface area contributed by atoms with Gasteiger partial charge in [0.05, 0.1) is 18.1 Å². The number of ether oxygens (including phenoxy) is 1. The topological polar surface area (TPSA) is 29.5 Å². The molecule has 4 heteroatoms. The van der Waals surface area contributed by atoms with Gasteiger partial charge in [-0.15, -0.1) is 11.6 Å². The van der Waals surface area contributed by atoms with Crippen molar-refractivity contribution >= 4 is 19.4 Å². The van der Waals surface area contributed by atoms with Crippen molar-refractivity contribution in [1.82, 2.24) is 0 Å². The van der Waals surface area contributed by atoms with Crippen LogP contribution in [0.25, 0.3) is 0 Å². The highest BCUT2D eigenvalue weighted by Gasteiger charge is 2.29. The Hall–Kier alpha value is 0.275. The van der Waals surface area contributed by atoms with Gasteiger partial charge >= 0.3 is 0 Å². The average Bonchev–Trinajstić information content (AvgIpc) is 2.13. The first-order valence-electron chi connectivity index (χ1n) is 2.90. The van der Waals surface area contributed by atoms with Crippen LogP contribution in [0.4, 0.5) is 0 Å². The van der Waals surface area contributed by atoms with Crippen molar-refractivity contribution in [2.75, 3.05) is 6.61 Å². The predicted octanol–water partition coefficient (Wildman–Crippen LogP) is -0.130. The van der Waals surface area contributed by atoms with Crippen LogP contribution >= 0.6 is 11.6 Å². The summed E-state index contributed by atoms with van der Waals surface area (Å²) in [6.45, 7) is 0.0108. The maximum atomic E-state index is 8.56. The Kier molecular flexibility index (Phi) is 2.38.